The Kier molecular flexibility index (Phi) is 5.38. The zero-order valence-corrected chi connectivity index (χ0v) is 24.7. The SMILES string of the molecule is COC(=O)CC[C@H](C)[C@@]12CC[C@]3(C)[C@H]4CC[C@@H]5[C@@]6(C)CCCC(C)(C)[C@@H]6CC[C@@]5(C)[C@]4(C)CC[C@@]13O2. The van der Waals surface area contributed by atoms with Gasteiger partial charge in [-0.25, -0.2) is 0 Å². The average molecular weight is 499 g/mol. The molecule has 6 rings (SSSR count). The van der Waals surface area contributed by atoms with Crippen LogP contribution in [-0.2, 0) is 14.3 Å². The molecule has 0 N–H and O–H groups in total. The molecular formula is C33H54O3. The third kappa shape index (κ3) is 2.78. The molecule has 6 fully saturated rings. The van der Waals surface area contributed by atoms with Crippen molar-refractivity contribution in [2.24, 2.45) is 50.7 Å². The summed E-state index contributed by atoms with van der Waals surface area (Å²) in [6.45, 7) is 18.4. The highest BCUT2D eigenvalue weighted by Crippen LogP contribution is 2.84. The van der Waals surface area contributed by atoms with E-state index in [-0.39, 0.29) is 22.6 Å². The van der Waals surface area contributed by atoms with E-state index in [1.54, 1.807) is 0 Å². The maximum Gasteiger partial charge on any atom is 0.305 e. The molecule has 1 saturated heterocycles. The first-order valence-electron chi connectivity index (χ1n) is 15.5. The molecule has 0 aromatic heterocycles. The van der Waals surface area contributed by atoms with Crippen molar-refractivity contribution < 1.29 is 14.3 Å². The monoisotopic (exact) mass is 498 g/mol. The zero-order chi connectivity index (χ0) is 26.0. The molecule has 0 radical (unpaired) electrons. The van der Waals surface area contributed by atoms with Crippen molar-refractivity contribution in [3.8, 4) is 0 Å². The van der Waals surface area contributed by atoms with Crippen LogP contribution in [-0.4, -0.2) is 24.3 Å². The molecule has 1 heterocycles. The van der Waals surface area contributed by atoms with E-state index in [4.69, 9.17) is 9.47 Å². The Hall–Kier alpha value is -0.570. The normalized spacial score (nSPS) is 55.3. The molecule has 1 aliphatic heterocycles. The largest absolute Gasteiger partial charge is 0.469 e. The predicted molar refractivity (Wildman–Crippen MR) is 144 cm³/mol. The van der Waals surface area contributed by atoms with E-state index < -0.39 is 0 Å². The Morgan fingerprint density at radius 3 is 2.19 bits per heavy atom. The van der Waals surface area contributed by atoms with Crippen LogP contribution in [0.25, 0.3) is 0 Å². The fourth-order valence-electron chi connectivity index (χ4n) is 13.2. The lowest BCUT2D eigenvalue weighted by atomic mass is 9.32. The van der Waals surface area contributed by atoms with Crippen molar-refractivity contribution in [2.75, 3.05) is 7.11 Å². The fourth-order valence-corrected chi connectivity index (χ4v) is 13.2. The summed E-state index contributed by atoms with van der Waals surface area (Å²) in [5.41, 5.74) is 2.19. The second kappa shape index (κ2) is 7.54. The summed E-state index contributed by atoms with van der Waals surface area (Å²) in [7, 11) is 1.51. The van der Waals surface area contributed by atoms with E-state index >= 15 is 0 Å². The van der Waals surface area contributed by atoms with Crippen LogP contribution in [0.3, 0.4) is 0 Å². The first-order chi connectivity index (χ1) is 16.8. The molecule has 5 saturated carbocycles. The van der Waals surface area contributed by atoms with Crippen molar-refractivity contribution in [1.82, 2.24) is 0 Å². The highest BCUT2D eigenvalue weighted by molar-refractivity contribution is 5.69. The molecule has 6 aliphatic rings. The van der Waals surface area contributed by atoms with Gasteiger partial charge in [0.1, 0.15) is 11.2 Å². The quantitative estimate of drug-likeness (QED) is 0.289. The highest BCUT2D eigenvalue weighted by Gasteiger charge is 2.86. The maximum atomic E-state index is 11.9. The van der Waals surface area contributed by atoms with Gasteiger partial charge in [0.25, 0.3) is 0 Å². The van der Waals surface area contributed by atoms with Crippen LogP contribution < -0.4 is 0 Å². The number of carbonyl (C=O) groups is 1. The van der Waals surface area contributed by atoms with Crippen LogP contribution in [0, 0.1) is 50.7 Å². The molecule has 204 valence electrons. The number of ether oxygens (including phenoxy) is 2. The van der Waals surface area contributed by atoms with Crippen LogP contribution in [0.15, 0.2) is 0 Å². The summed E-state index contributed by atoms with van der Waals surface area (Å²) in [6, 6.07) is 0. The minimum atomic E-state index is -0.0776. The molecule has 10 atom stereocenters. The van der Waals surface area contributed by atoms with Gasteiger partial charge in [0.2, 0.25) is 0 Å². The van der Waals surface area contributed by atoms with E-state index in [0.717, 1.165) is 24.2 Å². The first-order valence-corrected chi connectivity index (χ1v) is 15.5. The van der Waals surface area contributed by atoms with Gasteiger partial charge in [0.15, 0.2) is 0 Å². The summed E-state index contributed by atoms with van der Waals surface area (Å²) in [4.78, 5) is 11.9. The van der Waals surface area contributed by atoms with Gasteiger partial charge in [-0.15, -0.1) is 0 Å². The van der Waals surface area contributed by atoms with Crippen LogP contribution in [0.1, 0.15) is 132 Å². The highest BCUT2D eigenvalue weighted by atomic mass is 16.6. The number of fused-ring (bicyclic) bond motifs is 6. The van der Waals surface area contributed by atoms with Gasteiger partial charge in [0.05, 0.1) is 7.11 Å². The molecule has 0 amide bonds. The number of carbonyl (C=O) groups excluding carboxylic acids is 1. The van der Waals surface area contributed by atoms with Crippen molar-refractivity contribution in [3.63, 3.8) is 0 Å². The molecule has 0 aromatic rings. The molecule has 36 heavy (non-hydrogen) atoms. The Labute approximate surface area is 221 Å². The van der Waals surface area contributed by atoms with E-state index in [2.05, 4.69) is 48.5 Å². The van der Waals surface area contributed by atoms with Crippen molar-refractivity contribution in [2.45, 2.75) is 143 Å². The lowest BCUT2D eigenvalue weighted by molar-refractivity contribution is -0.244. The Bertz CT molecular complexity index is 941. The van der Waals surface area contributed by atoms with Gasteiger partial charge in [-0.05, 0) is 116 Å². The van der Waals surface area contributed by atoms with E-state index in [0.29, 0.717) is 34.0 Å². The van der Waals surface area contributed by atoms with Crippen LogP contribution in [0.2, 0.25) is 0 Å². The van der Waals surface area contributed by atoms with Gasteiger partial charge < -0.3 is 9.47 Å². The fraction of sp³-hybridized carbons (Fsp3) is 0.970. The van der Waals surface area contributed by atoms with Gasteiger partial charge in [0, 0.05) is 11.8 Å². The molecule has 3 nitrogen and oxygen atoms in total. The lowest BCUT2D eigenvalue weighted by Crippen LogP contribution is -2.67. The number of rotatable bonds is 4. The number of methoxy groups -OCH3 is 1. The molecule has 0 aromatic carbocycles. The van der Waals surface area contributed by atoms with Gasteiger partial charge in [-0.2, -0.15) is 0 Å². The van der Waals surface area contributed by atoms with Gasteiger partial charge in [-0.1, -0.05) is 54.9 Å². The van der Waals surface area contributed by atoms with Crippen LogP contribution >= 0.6 is 0 Å². The average Bonchev–Trinajstić information content (AvgIpc) is 3.42. The minimum Gasteiger partial charge on any atom is -0.469 e. The zero-order valence-electron chi connectivity index (χ0n) is 24.7. The summed E-state index contributed by atoms with van der Waals surface area (Å²) >= 11 is 0. The summed E-state index contributed by atoms with van der Waals surface area (Å²) in [5.74, 6) is 2.87. The molecule has 1 spiro atoms. The third-order valence-corrected chi connectivity index (χ3v) is 15.1. The maximum absolute atomic E-state index is 11.9. The number of hydrogen-bond acceptors (Lipinski definition) is 3. The second-order valence-electron chi connectivity index (χ2n) is 16.2. The van der Waals surface area contributed by atoms with Gasteiger partial charge in [-0.3, -0.25) is 4.79 Å². The van der Waals surface area contributed by atoms with Crippen molar-refractivity contribution in [3.05, 3.63) is 0 Å². The number of epoxide rings is 1. The number of esters is 1. The summed E-state index contributed by atoms with van der Waals surface area (Å²) in [6.07, 6.45) is 16.5. The lowest BCUT2D eigenvalue weighted by Gasteiger charge is -2.73. The first kappa shape index (κ1) is 25.7. The molecule has 5 aliphatic carbocycles. The van der Waals surface area contributed by atoms with Crippen LogP contribution in [0.5, 0.6) is 0 Å². The second-order valence-corrected chi connectivity index (χ2v) is 16.2. The Morgan fingerprint density at radius 1 is 0.806 bits per heavy atom. The molecule has 0 unspecified atom stereocenters. The van der Waals surface area contributed by atoms with E-state index in [9.17, 15) is 4.79 Å². The smallest absolute Gasteiger partial charge is 0.305 e. The topological polar surface area (TPSA) is 38.8 Å². The van der Waals surface area contributed by atoms with Gasteiger partial charge >= 0.3 is 5.97 Å². The van der Waals surface area contributed by atoms with E-state index in [1.807, 2.05) is 0 Å². The minimum absolute atomic E-state index is 0.00584. The molecule has 3 heteroatoms. The molecule has 0 bridgehead atoms. The Morgan fingerprint density at radius 2 is 1.47 bits per heavy atom. The van der Waals surface area contributed by atoms with E-state index in [1.165, 1.54) is 77.7 Å². The van der Waals surface area contributed by atoms with Crippen LogP contribution in [0.4, 0.5) is 0 Å². The predicted octanol–water partition coefficient (Wildman–Crippen LogP) is 8.34. The van der Waals surface area contributed by atoms with Crippen molar-refractivity contribution in [1.29, 1.82) is 0 Å². The standard InChI is InChI=1S/C33H54O3/c1-22(10-13-26(34)35-8)32-20-18-31(7)25-12-11-24-28(4)16-9-15-27(2,3)23(28)14-17-29(24,5)30(25,6)19-21-33(31,32)36-32/h22-25H,9-21H2,1-8H3/t22-,23-,24+,25-,28-,29+,30+,31+,32-,33-/m0/s1. The summed E-state index contributed by atoms with van der Waals surface area (Å²) in [5, 5.41) is 0. The molecular weight excluding hydrogens is 444 g/mol. The number of hydrogen-bond donors (Lipinski definition) is 0. The summed E-state index contributed by atoms with van der Waals surface area (Å²) < 4.78 is 12.0. The Balaban J connectivity index is 1.30. The van der Waals surface area contributed by atoms with Crippen molar-refractivity contribution >= 4 is 5.97 Å². The third-order valence-electron chi connectivity index (χ3n) is 15.1.